The predicted molar refractivity (Wildman–Crippen MR) is 121 cm³/mol. The summed E-state index contributed by atoms with van der Waals surface area (Å²) in [5.41, 5.74) is 0.443. The van der Waals surface area contributed by atoms with Crippen molar-refractivity contribution in [3.63, 3.8) is 0 Å². The normalized spacial score (nSPS) is 10.6. The second-order valence-corrected chi connectivity index (χ2v) is 7.34. The summed E-state index contributed by atoms with van der Waals surface area (Å²) < 4.78 is 9.38. The van der Waals surface area contributed by atoms with Gasteiger partial charge in [0, 0.05) is 46.3 Å². The second kappa shape index (κ2) is 10.5. The Kier molecular flexibility index (Phi) is 7.46. The maximum Gasteiger partial charge on any atom is 0.307 e. The molecule has 0 saturated heterocycles. The van der Waals surface area contributed by atoms with Crippen molar-refractivity contribution in [2.75, 3.05) is 23.8 Å². The van der Waals surface area contributed by atoms with Gasteiger partial charge in [0.25, 0.3) is 17.7 Å². The predicted octanol–water partition coefficient (Wildman–Crippen LogP) is 0.680. The van der Waals surface area contributed by atoms with Gasteiger partial charge in [-0.25, -0.2) is 9.97 Å². The maximum atomic E-state index is 12.7. The van der Waals surface area contributed by atoms with Gasteiger partial charge in [-0.2, -0.15) is 0 Å². The van der Waals surface area contributed by atoms with Gasteiger partial charge in [0.05, 0.1) is 13.0 Å². The molecule has 0 aromatic carbocycles. The molecule has 0 spiro atoms. The minimum atomic E-state index is -0.575. The summed E-state index contributed by atoms with van der Waals surface area (Å²) in [5, 5.41) is 7.82. The molecule has 3 rings (SSSR count). The molecule has 3 aromatic heterocycles. The molecule has 0 fully saturated rings. The molecule has 0 bridgehead atoms. The number of anilines is 2. The highest BCUT2D eigenvalue weighted by Gasteiger charge is 2.20. The number of aromatic nitrogens is 5. The molecule has 0 unspecified atom stereocenters. The lowest BCUT2D eigenvalue weighted by Gasteiger charge is -2.04. The van der Waals surface area contributed by atoms with Crippen LogP contribution in [0.4, 0.5) is 11.6 Å². The number of carbonyl (C=O) groups is 4. The lowest BCUT2D eigenvalue weighted by atomic mass is 10.4. The molecular weight excluding hydrogens is 444 g/mol. The van der Waals surface area contributed by atoms with Crippen LogP contribution in [-0.4, -0.2) is 60.5 Å². The number of ether oxygens (including phenoxy) is 1. The topological polar surface area (TPSA) is 154 Å². The third-order valence-electron chi connectivity index (χ3n) is 4.74. The fourth-order valence-electron chi connectivity index (χ4n) is 3.12. The number of esters is 1. The van der Waals surface area contributed by atoms with Crippen molar-refractivity contribution in [2.24, 2.45) is 21.1 Å². The zero-order valence-corrected chi connectivity index (χ0v) is 19.3. The molecule has 3 amide bonds. The van der Waals surface area contributed by atoms with Crippen molar-refractivity contribution in [3.05, 3.63) is 48.1 Å². The van der Waals surface area contributed by atoms with Crippen molar-refractivity contribution in [3.8, 4) is 0 Å². The maximum absolute atomic E-state index is 12.7. The molecule has 0 radical (unpaired) electrons. The number of imidazole rings is 2. The summed E-state index contributed by atoms with van der Waals surface area (Å²) in [5.74, 6) is -1.42. The van der Waals surface area contributed by atoms with Crippen LogP contribution in [0.1, 0.15) is 45.1 Å². The van der Waals surface area contributed by atoms with Crippen LogP contribution in [0.2, 0.25) is 0 Å². The molecule has 13 nitrogen and oxygen atoms in total. The van der Waals surface area contributed by atoms with E-state index in [-0.39, 0.29) is 48.8 Å². The highest BCUT2D eigenvalue weighted by atomic mass is 16.5. The molecule has 3 aromatic rings. The highest BCUT2D eigenvalue weighted by Crippen LogP contribution is 2.13. The lowest BCUT2D eigenvalue weighted by molar-refractivity contribution is -0.142. The first-order valence-corrected chi connectivity index (χ1v) is 10.4. The average Bonchev–Trinajstić information content (AvgIpc) is 3.46. The van der Waals surface area contributed by atoms with E-state index >= 15 is 0 Å². The number of rotatable bonds is 9. The molecule has 3 N–H and O–H groups in total. The van der Waals surface area contributed by atoms with E-state index in [1.54, 1.807) is 51.0 Å². The second-order valence-electron chi connectivity index (χ2n) is 7.34. The first kappa shape index (κ1) is 24.2. The van der Waals surface area contributed by atoms with Gasteiger partial charge in [-0.15, -0.1) is 0 Å². The Labute approximate surface area is 195 Å². The minimum absolute atomic E-state index is 0.0354. The van der Waals surface area contributed by atoms with Crippen LogP contribution in [0.25, 0.3) is 0 Å². The van der Waals surface area contributed by atoms with Gasteiger partial charge < -0.3 is 34.4 Å². The van der Waals surface area contributed by atoms with Crippen LogP contribution in [0, 0.1) is 0 Å². The first-order valence-electron chi connectivity index (χ1n) is 10.4. The summed E-state index contributed by atoms with van der Waals surface area (Å²) in [6, 6.07) is 3.41. The molecule has 34 heavy (non-hydrogen) atoms. The van der Waals surface area contributed by atoms with Crippen LogP contribution in [-0.2, 0) is 30.7 Å². The molecule has 180 valence electrons. The Morgan fingerprint density at radius 1 is 0.882 bits per heavy atom. The summed E-state index contributed by atoms with van der Waals surface area (Å²) in [6.45, 7) is 2.06. The molecule has 0 saturated carbocycles. The zero-order chi connectivity index (χ0) is 24.8. The fourth-order valence-corrected chi connectivity index (χ4v) is 3.12. The highest BCUT2D eigenvalue weighted by molar-refractivity contribution is 6.04. The number of aryl methyl sites for hydroxylation is 3. The Morgan fingerprint density at radius 2 is 1.47 bits per heavy atom. The number of hydrogen-bond donors (Lipinski definition) is 3. The van der Waals surface area contributed by atoms with E-state index in [1.807, 2.05) is 0 Å². The van der Waals surface area contributed by atoms with Gasteiger partial charge in [0.2, 0.25) is 11.6 Å². The molecule has 0 aliphatic rings. The number of amides is 3. The Morgan fingerprint density at radius 3 is 2.03 bits per heavy atom. The smallest absolute Gasteiger partial charge is 0.307 e. The van der Waals surface area contributed by atoms with Crippen molar-refractivity contribution in [2.45, 2.75) is 13.3 Å². The molecule has 0 aliphatic heterocycles. The number of nitrogens with zero attached hydrogens (tertiary/aromatic N) is 5. The van der Waals surface area contributed by atoms with E-state index in [0.717, 1.165) is 0 Å². The molecule has 3 heterocycles. The molecule has 0 aliphatic carbocycles. The van der Waals surface area contributed by atoms with E-state index in [4.69, 9.17) is 4.74 Å². The van der Waals surface area contributed by atoms with Crippen LogP contribution in [0.5, 0.6) is 0 Å². The third-order valence-corrected chi connectivity index (χ3v) is 4.74. The Bertz CT molecular complexity index is 1220. The van der Waals surface area contributed by atoms with Crippen molar-refractivity contribution in [1.29, 1.82) is 0 Å². The standard InChI is InChI=1S/C21H26N8O5/c1-5-34-16(30)8-9-22-20(32)17-23-15(12-28(17)3)26-21(33)18-24-14(11-29(18)4)25-19(31)13-7-6-10-27(13)2/h6-7,10-12H,5,8-9H2,1-4H3,(H,22,32)(H,25,31)(H,26,33). The third kappa shape index (κ3) is 5.68. The minimum Gasteiger partial charge on any atom is -0.466 e. The monoisotopic (exact) mass is 470 g/mol. The van der Waals surface area contributed by atoms with Gasteiger partial charge >= 0.3 is 5.97 Å². The average molecular weight is 470 g/mol. The quantitative estimate of drug-likeness (QED) is 0.389. The summed E-state index contributed by atoms with van der Waals surface area (Å²) in [6.07, 6.45) is 4.76. The first-order chi connectivity index (χ1) is 16.2. The van der Waals surface area contributed by atoms with Gasteiger partial charge in [0.15, 0.2) is 11.6 Å². The van der Waals surface area contributed by atoms with Crippen molar-refractivity contribution < 1.29 is 23.9 Å². The van der Waals surface area contributed by atoms with E-state index < -0.39 is 17.8 Å². The molecule has 0 atom stereocenters. The van der Waals surface area contributed by atoms with Gasteiger partial charge in [-0.05, 0) is 19.1 Å². The van der Waals surface area contributed by atoms with E-state index in [2.05, 4.69) is 25.9 Å². The van der Waals surface area contributed by atoms with Crippen LogP contribution in [0.3, 0.4) is 0 Å². The number of hydrogen-bond acceptors (Lipinski definition) is 7. The molecular formula is C21H26N8O5. The summed E-state index contributed by atoms with van der Waals surface area (Å²) in [7, 11) is 4.95. The van der Waals surface area contributed by atoms with E-state index in [9.17, 15) is 19.2 Å². The van der Waals surface area contributed by atoms with Gasteiger partial charge in [0.1, 0.15) is 5.69 Å². The SMILES string of the molecule is CCOC(=O)CCNC(=O)c1nc(NC(=O)c2nc(NC(=O)c3cccn3C)cn2C)cn1C. The lowest BCUT2D eigenvalue weighted by Crippen LogP contribution is -2.28. The number of carbonyl (C=O) groups excluding carboxylic acids is 4. The van der Waals surface area contributed by atoms with Crippen molar-refractivity contribution in [1.82, 2.24) is 29.0 Å². The van der Waals surface area contributed by atoms with Crippen LogP contribution in [0.15, 0.2) is 30.7 Å². The molecule has 13 heteroatoms. The van der Waals surface area contributed by atoms with Crippen molar-refractivity contribution >= 4 is 35.3 Å². The van der Waals surface area contributed by atoms with Crippen LogP contribution < -0.4 is 16.0 Å². The van der Waals surface area contributed by atoms with E-state index in [1.165, 1.54) is 21.5 Å². The summed E-state index contributed by atoms with van der Waals surface area (Å²) in [4.78, 5) is 57.1. The van der Waals surface area contributed by atoms with Gasteiger partial charge in [-0.3, -0.25) is 19.2 Å². The summed E-state index contributed by atoms with van der Waals surface area (Å²) >= 11 is 0. The van der Waals surface area contributed by atoms with Crippen LogP contribution >= 0.6 is 0 Å². The fraction of sp³-hybridized carbons (Fsp3) is 0.333. The largest absolute Gasteiger partial charge is 0.466 e. The van der Waals surface area contributed by atoms with Gasteiger partial charge in [-0.1, -0.05) is 0 Å². The number of nitrogens with one attached hydrogen (secondary N) is 3. The Hall–Kier alpha value is -4.42. The Balaban J connectivity index is 1.61. The zero-order valence-electron chi connectivity index (χ0n) is 19.3. The van der Waals surface area contributed by atoms with E-state index in [0.29, 0.717) is 5.69 Å².